The van der Waals surface area contributed by atoms with Crippen molar-refractivity contribution in [2.24, 2.45) is 0 Å². The van der Waals surface area contributed by atoms with Crippen LogP contribution < -0.4 is 10.3 Å². The van der Waals surface area contributed by atoms with Gasteiger partial charge in [0, 0.05) is 15.7 Å². The highest BCUT2D eigenvalue weighted by atomic mass is 35.5. The van der Waals surface area contributed by atoms with Gasteiger partial charge in [0.2, 0.25) is 5.76 Å². The molecule has 0 radical (unpaired) electrons. The standard InChI is InChI=1S/C23H12Cl2FNO3/c24-13-3-1-2-12(10-13)20-19-21(28)17-11-14(25)4-9-18(17)30-22(19)23(29)27(20)16-7-5-15(26)6-8-16/h1-11,20H. The smallest absolute Gasteiger partial charge is 0.295 e. The van der Waals surface area contributed by atoms with Crippen LogP contribution in [-0.2, 0) is 0 Å². The van der Waals surface area contributed by atoms with Crippen LogP contribution in [0.5, 0.6) is 0 Å². The molecule has 1 aromatic heterocycles. The minimum absolute atomic E-state index is 0.0517. The summed E-state index contributed by atoms with van der Waals surface area (Å²) in [7, 11) is 0. The van der Waals surface area contributed by atoms with E-state index in [1.807, 2.05) is 0 Å². The van der Waals surface area contributed by atoms with Crippen molar-refractivity contribution in [3.05, 3.63) is 110 Å². The first-order chi connectivity index (χ1) is 14.4. The molecule has 30 heavy (non-hydrogen) atoms. The Bertz CT molecular complexity index is 1380. The predicted octanol–water partition coefficient (Wildman–Crippen LogP) is 5.99. The van der Waals surface area contributed by atoms with Gasteiger partial charge in [-0.1, -0.05) is 35.3 Å². The molecule has 0 fully saturated rings. The van der Waals surface area contributed by atoms with Crippen molar-refractivity contribution < 1.29 is 13.6 Å². The fraction of sp³-hybridized carbons (Fsp3) is 0.0435. The Kier molecular flexibility index (Phi) is 4.38. The average Bonchev–Trinajstić information content (AvgIpc) is 3.02. The zero-order chi connectivity index (χ0) is 21.0. The van der Waals surface area contributed by atoms with E-state index in [0.29, 0.717) is 21.3 Å². The van der Waals surface area contributed by atoms with Crippen molar-refractivity contribution >= 4 is 45.8 Å². The van der Waals surface area contributed by atoms with Gasteiger partial charge in [-0.2, -0.15) is 0 Å². The van der Waals surface area contributed by atoms with E-state index in [9.17, 15) is 14.0 Å². The topological polar surface area (TPSA) is 50.5 Å². The molecule has 0 saturated heterocycles. The molecule has 148 valence electrons. The number of halogens is 3. The fourth-order valence-corrected chi connectivity index (χ4v) is 4.18. The van der Waals surface area contributed by atoms with Crippen molar-refractivity contribution in [1.29, 1.82) is 0 Å². The van der Waals surface area contributed by atoms with Crippen LogP contribution in [0, 0.1) is 5.82 Å². The van der Waals surface area contributed by atoms with Gasteiger partial charge in [0.05, 0.1) is 17.0 Å². The third-order valence-electron chi connectivity index (χ3n) is 5.10. The van der Waals surface area contributed by atoms with Gasteiger partial charge in [-0.3, -0.25) is 14.5 Å². The average molecular weight is 440 g/mol. The number of carbonyl (C=O) groups excluding carboxylic acids is 1. The van der Waals surface area contributed by atoms with Crippen molar-refractivity contribution in [1.82, 2.24) is 0 Å². The summed E-state index contributed by atoms with van der Waals surface area (Å²) in [5.74, 6) is -0.976. The first kappa shape index (κ1) is 18.9. The lowest BCUT2D eigenvalue weighted by atomic mass is 9.98. The summed E-state index contributed by atoms with van der Waals surface area (Å²) < 4.78 is 19.3. The van der Waals surface area contributed by atoms with Crippen LogP contribution in [0.15, 0.2) is 75.9 Å². The van der Waals surface area contributed by atoms with Gasteiger partial charge in [0.15, 0.2) is 5.43 Å². The Morgan fingerprint density at radius 2 is 1.63 bits per heavy atom. The molecule has 1 unspecified atom stereocenters. The zero-order valence-electron chi connectivity index (χ0n) is 15.2. The molecule has 5 rings (SSSR count). The van der Waals surface area contributed by atoms with Crippen LogP contribution in [0.25, 0.3) is 11.0 Å². The number of fused-ring (bicyclic) bond motifs is 2. The summed E-state index contributed by atoms with van der Waals surface area (Å²) in [6.07, 6.45) is 0. The molecular formula is C23H12Cl2FNO3. The fourth-order valence-electron chi connectivity index (χ4n) is 3.81. The van der Waals surface area contributed by atoms with Gasteiger partial charge in [0.25, 0.3) is 5.91 Å². The molecule has 4 aromatic rings. The van der Waals surface area contributed by atoms with Crippen molar-refractivity contribution in [2.45, 2.75) is 6.04 Å². The lowest BCUT2D eigenvalue weighted by Gasteiger charge is -2.25. The monoisotopic (exact) mass is 439 g/mol. The Balaban J connectivity index is 1.83. The second kappa shape index (κ2) is 6.97. The molecule has 1 atom stereocenters. The number of nitrogens with zero attached hydrogens (tertiary/aromatic N) is 1. The van der Waals surface area contributed by atoms with Crippen molar-refractivity contribution in [3.63, 3.8) is 0 Å². The van der Waals surface area contributed by atoms with Gasteiger partial charge >= 0.3 is 0 Å². The van der Waals surface area contributed by atoms with Gasteiger partial charge in [-0.25, -0.2) is 4.39 Å². The van der Waals surface area contributed by atoms with E-state index in [2.05, 4.69) is 0 Å². The molecule has 0 bridgehead atoms. The molecule has 1 amide bonds. The van der Waals surface area contributed by atoms with Crippen LogP contribution in [0.4, 0.5) is 10.1 Å². The number of rotatable bonds is 2. The SMILES string of the molecule is O=C1c2oc3ccc(Cl)cc3c(=O)c2C(c2cccc(Cl)c2)N1c1ccc(F)cc1. The number of hydrogen-bond acceptors (Lipinski definition) is 3. The Hall–Kier alpha value is -3.15. The quantitative estimate of drug-likeness (QED) is 0.385. The van der Waals surface area contributed by atoms with Crippen LogP contribution in [0.1, 0.15) is 27.7 Å². The molecular weight excluding hydrogens is 428 g/mol. The summed E-state index contributed by atoms with van der Waals surface area (Å²) >= 11 is 12.3. The molecule has 4 nitrogen and oxygen atoms in total. The number of amides is 1. The maximum atomic E-state index is 13.5. The lowest BCUT2D eigenvalue weighted by molar-refractivity contribution is 0.0971. The van der Waals surface area contributed by atoms with Crippen LogP contribution in [0.2, 0.25) is 10.0 Å². The number of benzene rings is 3. The highest BCUT2D eigenvalue weighted by Crippen LogP contribution is 2.41. The second-order valence-corrected chi connectivity index (χ2v) is 7.80. The van der Waals surface area contributed by atoms with Crippen LogP contribution in [0.3, 0.4) is 0 Å². The summed E-state index contributed by atoms with van der Waals surface area (Å²) in [4.78, 5) is 28.2. The maximum Gasteiger partial charge on any atom is 0.295 e. The van der Waals surface area contributed by atoms with E-state index in [1.165, 1.54) is 35.2 Å². The van der Waals surface area contributed by atoms with Crippen LogP contribution in [-0.4, -0.2) is 5.91 Å². The largest absolute Gasteiger partial charge is 0.450 e. The van der Waals surface area contributed by atoms with Gasteiger partial charge in [-0.05, 0) is 60.2 Å². The normalized spacial score (nSPS) is 15.6. The summed E-state index contributed by atoms with van der Waals surface area (Å²) in [5.41, 5.74) is 1.17. The van der Waals surface area contributed by atoms with E-state index in [-0.39, 0.29) is 27.7 Å². The third-order valence-corrected chi connectivity index (χ3v) is 5.57. The highest BCUT2D eigenvalue weighted by molar-refractivity contribution is 6.31. The van der Waals surface area contributed by atoms with Gasteiger partial charge in [0.1, 0.15) is 11.4 Å². The molecule has 0 N–H and O–H groups in total. The molecule has 0 spiro atoms. The minimum Gasteiger partial charge on any atom is -0.450 e. The van der Waals surface area contributed by atoms with Crippen molar-refractivity contribution in [3.8, 4) is 0 Å². The number of hydrogen-bond donors (Lipinski definition) is 0. The van der Waals surface area contributed by atoms with E-state index >= 15 is 0 Å². The molecule has 0 aliphatic carbocycles. The summed E-state index contributed by atoms with van der Waals surface area (Å²) in [6.45, 7) is 0. The molecule has 0 saturated carbocycles. The van der Waals surface area contributed by atoms with E-state index in [0.717, 1.165) is 0 Å². The Morgan fingerprint density at radius 1 is 0.900 bits per heavy atom. The van der Waals surface area contributed by atoms with Gasteiger partial charge < -0.3 is 4.42 Å². The second-order valence-electron chi connectivity index (χ2n) is 6.92. The van der Waals surface area contributed by atoms with Crippen molar-refractivity contribution in [2.75, 3.05) is 4.90 Å². The van der Waals surface area contributed by atoms with E-state index in [4.69, 9.17) is 27.6 Å². The number of anilines is 1. The lowest BCUT2D eigenvalue weighted by Crippen LogP contribution is -2.29. The minimum atomic E-state index is -0.781. The predicted molar refractivity (Wildman–Crippen MR) is 114 cm³/mol. The highest BCUT2D eigenvalue weighted by Gasteiger charge is 2.43. The summed E-state index contributed by atoms with van der Waals surface area (Å²) in [5, 5.41) is 1.12. The molecule has 3 aromatic carbocycles. The Labute approximate surface area is 180 Å². The summed E-state index contributed by atoms with van der Waals surface area (Å²) in [6, 6.07) is 16.3. The van der Waals surface area contributed by atoms with E-state index in [1.54, 1.807) is 36.4 Å². The maximum absolute atomic E-state index is 13.5. The van der Waals surface area contributed by atoms with E-state index < -0.39 is 17.8 Å². The first-order valence-electron chi connectivity index (χ1n) is 9.05. The first-order valence-corrected chi connectivity index (χ1v) is 9.80. The molecule has 2 heterocycles. The molecule has 7 heteroatoms. The Morgan fingerprint density at radius 3 is 2.37 bits per heavy atom. The molecule has 1 aliphatic rings. The van der Waals surface area contributed by atoms with Crippen LogP contribution >= 0.6 is 23.2 Å². The van der Waals surface area contributed by atoms with Gasteiger partial charge in [-0.15, -0.1) is 0 Å². The number of carbonyl (C=O) groups is 1. The zero-order valence-corrected chi connectivity index (χ0v) is 16.7. The molecule has 1 aliphatic heterocycles. The third kappa shape index (κ3) is 2.90.